The van der Waals surface area contributed by atoms with E-state index < -0.39 is 0 Å². The maximum Gasteiger partial charge on any atom is 0.00390 e. The molecule has 0 unspecified atom stereocenters. The molecule has 2 heteroatoms. The van der Waals surface area contributed by atoms with Crippen molar-refractivity contribution in [3.05, 3.63) is 0 Å². The Hall–Kier alpha value is -0.0800. The molecule has 0 bridgehead atoms. The molecule has 100 valence electrons. The zero-order valence-corrected chi connectivity index (χ0v) is 11.8. The first-order valence-electron chi connectivity index (χ1n) is 7.59. The van der Waals surface area contributed by atoms with Crippen molar-refractivity contribution in [2.24, 2.45) is 17.1 Å². The summed E-state index contributed by atoms with van der Waals surface area (Å²) in [6, 6.07) is 0.496. The Morgan fingerprint density at radius 1 is 1.12 bits per heavy atom. The standard InChI is InChI=1S/C15H30N2/c1-3-15(2)8-10-17(11-9-15)12-13-4-6-14(16)7-5-13/h13-14H,3-12,16H2,1-2H3. The summed E-state index contributed by atoms with van der Waals surface area (Å²) in [6.07, 6.45) is 9.38. The molecule has 1 aliphatic heterocycles. The SMILES string of the molecule is CCC1(C)CCN(CC2CCC(N)CC2)CC1. The van der Waals surface area contributed by atoms with Gasteiger partial charge in [-0.05, 0) is 62.9 Å². The van der Waals surface area contributed by atoms with Crippen LogP contribution in [0.1, 0.15) is 58.8 Å². The Morgan fingerprint density at radius 2 is 1.71 bits per heavy atom. The molecule has 2 nitrogen and oxygen atoms in total. The van der Waals surface area contributed by atoms with E-state index in [1.54, 1.807) is 0 Å². The highest BCUT2D eigenvalue weighted by molar-refractivity contribution is 4.83. The lowest BCUT2D eigenvalue weighted by Crippen LogP contribution is -2.42. The number of nitrogens with zero attached hydrogens (tertiary/aromatic N) is 1. The number of hydrogen-bond donors (Lipinski definition) is 1. The second-order valence-electron chi connectivity index (χ2n) is 6.75. The molecule has 1 heterocycles. The van der Waals surface area contributed by atoms with E-state index in [0.29, 0.717) is 11.5 Å². The Labute approximate surface area is 107 Å². The Bertz CT molecular complexity index is 223. The lowest BCUT2D eigenvalue weighted by atomic mass is 9.77. The van der Waals surface area contributed by atoms with Gasteiger partial charge < -0.3 is 10.6 Å². The van der Waals surface area contributed by atoms with Crippen molar-refractivity contribution >= 4 is 0 Å². The Balaban J connectivity index is 1.71. The fraction of sp³-hybridized carbons (Fsp3) is 1.00. The van der Waals surface area contributed by atoms with E-state index in [-0.39, 0.29) is 0 Å². The van der Waals surface area contributed by atoms with Crippen molar-refractivity contribution in [3.8, 4) is 0 Å². The highest BCUT2D eigenvalue weighted by atomic mass is 15.1. The van der Waals surface area contributed by atoms with Crippen molar-refractivity contribution in [2.45, 2.75) is 64.8 Å². The van der Waals surface area contributed by atoms with Crippen LogP contribution in [0.5, 0.6) is 0 Å². The monoisotopic (exact) mass is 238 g/mol. The Kier molecular flexibility index (Phi) is 4.48. The van der Waals surface area contributed by atoms with Crippen molar-refractivity contribution in [3.63, 3.8) is 0 Å². The van der Waals surface area contributed by atoms with Crippen molar-refractivity contribution in [1.29, 1.82) is 0 Å². The maximum absolute atomic E-state index is 5.97. The van der Waals surface area contributed by atoms with Gasteiger partial charge in [-0.1, -0.05) is 20.3 Å². The minimum atomic E-state index is 0.496. The molecule has 1 saturated heterocycles. The number of likely N-dealkylation sites (tertiary alicyclic amines) is 1. The second kappa shape index (κ2) is 5.71. The van der Waals surface area contributed by atoms with Crippen LogP contribution in [0.4, 0.5) is 0 Å². The summed E-state index contributed by atoms with van der Waals surface area (Å²) in [7, 11) is 0. The minimum absolute atomic E-state index is 0.496. The van der Waals surface area contributed by atoms with Gasteiger partial charge in [0.25, 0.3) is 0 Å². The molecule has 1 saturated carbocycles. The van der Waals surface area contributed by atoms with Gasteiger partial charge in [-0.15, -0.1) is 0 Å². The molecule has 0 spiro atoms. The summed E-state index contributed by atoms with van der Waals surface area (Å²) >= 11 is 0. The van der Waals surface area contributed by atoms with Crippen LogP contribution in [0, 0.1) is 11.3 Å². The van der Waals surface area contributed by atoms with Crippen LogP contribution in [0.25, 0.3) is 0 Å². The molecular weight excluding hydrogens is 208 g/mol. The largest absolute Gasteiger partial charge is 0.328 e. The van der Waals surface area contributed by atoms with Gasteiger partial charge in [-0.25, -0.2) is 0 Å². The van der Waals surface area contributed by atoms with Gasteiger partial charge in [0.15, 0.2) is 0 Å². The minimum Gasteiger partial charge on any atom is -0.328 e. The van der Waals surface area contributed by atoms with Crippen LogP contribution < -0.4 is 5.73 Å². The smallest absolute Gasteiger partial charge is 0.00390 e. The molecule has 0 aromatic carbocycles. The quantitative estimate of drug-likeness (QED) is 0.819. The normalized spacial score (nSPS) is 34.8. The van der Waals surface area contributed by atoms with Gasteiger partial charge in [-0.3, -0.25) is 0 Å². The van der Waals surface area contributed by atoms with Crippen LogP contribution in [-0.4, -0.2) is 30.6 Å². The van der Waals surface area contributed by atoms with E-state index in [4.69, 9.17) is 5.73 Å². The topological polar surface area (TPSA) is 29.3 Å². The molecule has 2 fully saturated rings. The lowest BCUT2D eigenvalue weighted by Gasteiger charge is -2.41. The molecule has 0 amide bonds. The zero-order chi connectivity index (χ0) is 12.3. The third-order valence-corrected chi connectivity index (χ3v) is 5.32. The first-order valence-corrected chi connectivity index (χ1v) is 7.59. The summed E-state index contributed by atoms with van der Waals surface area (Å²) < 4.78 is 0. The summed E-state index contributed by atoms with van der Waals surface area (Å²) in [5, 5.41) is 0. The predicted octanol–water partition coefficient (Wildman–Crippen LogP) is 3.02. The van der Waals surface area contributed by atoms with E-state index in [1.807, 2.05) is 0 Å². The van der Waals surface area contributed by atoms with Crippen molar-refractivity contribution < 1.29 is 0 Å². The van der Waals surface area contributed by atoms with Crippen LogP contribution in [0.3, 0.4) is 0 Å². The fourth-order valence-corrected chi connectivity index (χ4v) is 3.36. The Morgan fingerprint density at radius 3 is 2.24 bits per heavy atom. The highest BCUT2D eigenvalue weighted by Gasteiger charge is 2.29. The van der Waals surface area contributed by atoms with Crippen LogP contribution >= 0.6 is 0 Å². The number of rotatable bonds is 3. The molecule has 2 rings (SSSR count). The predicted molar refractivity (Wildman–Crippen MR) is 74.0 cm³/mol. The second-order valence-corrected chi connectivity index (χ2v) is 6.75. The van der Waals surface area contributed by atoms with Crippen LogP contribution in [0.15, 0.2) is 0 Å². The lowest BCUT2D eigenvalue weighted by molar-refractivity contribution is 0.0933. The van der Waals surface area contributed by atoms with Gasteiger partial charge in [0.1, 0.15) is 0 Å². The first kappa shape index (κ1) is 13.4. The van der Waals surface area contributed by atoms with Crippen molar-refractivity contribution in [1.82, 2.24) is 4.90 Å². The molecule has 17 heavy (non-hydrogen) atoms. The summed E-state index contributed by atoms with van der Waals surface area (Å²) in [5.74, 6) is 0.931. The molecule has 0 atom stereocenters. The van der Waals surface area contributed by atoms with Gasteiger partial charge in [-0.2, -0.15) is 0 Å². The maximum atomic E-state index is 5.97. The average molecular weight is 238 g/mol. The van der Waals surface area contributed by atoms with E-state index in [2.05, 4.69) is 18.7 Å². The van der Waals surface area contributed by atoms with E-state index in [1.165, 1.54) is 64.6 Å². The third kappa shape index (κ3) is 3.69. The number of nitrogens with two attached hydrogens (primary N) is 1. The molecule has 0 radical (unpaired) electrons. The molecule has 2 N–H and O–H groups in total. The molecule has 0 aromatic rings. The summed E-state index contributed by atoms with van der Waals surface area (Å²) in [4.78, 5) is 2.71. The fourth-order valence-electron chi connectivity index (χ4n) is 3.36. The first-order chi connectivity index (χ1) is 8.11. The highest BCUT2D eigenvalue weighted by Crippen LogP contribution is 2.34. The zero-order valence-electron chi connectivity index (χ0n) is 11.8. The molecule has 0 aromatic heterocycles. The van der Waals surface area contributed by atoms with Crippen LogP contribution in [-0.2, 0) is 0 Å². The van der Waals surface area contributed by atoms with E-state index in [0.717, 1.165) is 5.92 Å². The van der Waals surface area contributed by atoms with Gasteiger partial charge in [0.2, 0.25) is 0 Å². The van der Waals surface area contributed by atoms with E-state index >= 15 is 0 Å². The van der Waals surface area contributed by atoms with E-state index in [9.17, 15) is 0 Å². The number of hydrogen-bond acceptors (Lipinski definition) is 2. The molecular formula is C15H30N2. The molecule has 2 aliphatic rings. The van der Waals surface area contributed by atoms with Gasteiger partial charge in [0, 0.05) is 12.6 Å². The van der Waals surface area contributed by atoms with Crippen LogP contribution in [0.2, 0.25) is 0 Å². The summed E-state index contributed by atoms with van der Waals surface area (Å²) in [5.41, 5.74) is 6.60. The third-order valence-electron chi connectivity index (χ3n) is 5.32. The van der Waals surface area contributed by atoms with Gasteiger partial charge in [0.05, 0.1) is 0 Å². The van der Waals surface area contributed by atoms with Gasteiger partial charge >= 0.3 is 0 Å². The molecule has 1 aliphatic carbocycles. The average Bonchev–Trinajstić information content (AvgIpc) is 2.35. The van der Waals surface area contributed by atoms with Crippen molar-refractivity contribution in [2.75, 3.05) is 19.6 Å². The summed E-state index contributed by atoms with van der Waals surface area (Å²) in [6.45, 7) is 8.80. The number of piperidine rings is 1.